The van der Waals surface area contributed by atoms with E-state index in [2.05, 4.69) is 15.5 Å². The molecular formula is C30H38IN5O8S2. The summed E-state index contributed by atoms with van der Waals surface area (Å²) >= 11 is 2.60. The van der Waals surface area contributed by atoms with Crippen LogP contribution in [0.3, 0.4) is 0 Å². The van der Waals surface area contributed by atoms with Crippen molar-refractivity contribution in [1.82, 2.24) is 10.3 Å². The molecule has 0 radical (unpaired) electrons. The molecule has 13 nitrogen and oxygen atoms in total. The number of oxime groups is 1. The van der Waals surface area contributed by atoms with Crippen LogP contribution in [-0.2, 0) is 30.6 Å². The number of aromatic nitrogens is 1. The average Bonchev–Trinajstić information content (AvgIpc) is 3.46. The summed E-state index contributed by atoms with van der Waals surface area (Å²) in [6.07, 6.45) is 3.70. The summed E-state index contributed by atoms with van der Waals surface area (Å²) in [5, 5.41) is 26.9. The van der Waals surface area contributed by atoms with E-state index in [4.69, 9.17) is 20.0 Å². The SMILES string of the molecule is CO/N=C(\C(=O)N[C@@H]1C(=O)C2C(C(=O)OCc3ccc(OC)cc3)=C(/C=C/C[N+](C)(CCO)CCO)CS[C@@H]21)c1csc(N)n1.[I-]. The molecule has 1 amide bonds. The second-order valence-electron chi connectivity index (χ2n) is 10.8. The van der Waals surface area contributed by atoms with Crippen LogP contribution in [0.1, 0.15) is 11.3 Å². The van der Waals surface area contributed by atoms with E-state index in [9.17, 15) is 24.6 Å². The first-order valence-corrected chi connectivity index (χ1v) is 16.1. The molecule has 3 atom stereocenters. The number of hydrogen-bond acceptors (Lipinski definition) is 13. The highest BCUT2D eigenvalue weighted by molar-refractivity contribution is 8.00. The van der Waals surface area contributed by atoms with Crippen LogP contribution in [0, 0.1) is 5.92 Å². The summed E-state index contributed by atoms with van der Waals surface area (Å²) in [6.45, 7) is 1.31. The molecule has 2 aliphatic rings. The van der Waals surface area contributed by atoms with Crippen LogP contribution in [-0.4, -0.2) is 114 Å². The third-order valence-electron chi connectivity index (χ3n) is 7.70. The van der Waals surface area contributed by atoms with Gasteiger partial charge in [0.2, 0.25) is 0 Å². The number of carbonyl (C=O) groups excluding carboxylic acids is 3. The number of anilines is 1. The number of nitrogens with zero attached hydrogens (tertiary/aromatic N) is 3. The number of fused-ring (bicyclic) bond motifs is 1. The molecule has 2 heterocycles. The first kappa shape index (κ1) is 37.4. The van der Waals surface area contributed by atoms with Gasteiger partial charge in [0.15, 0.2) is 16.6 Å². The number of amides is 1. The van der Waals surface area contributed by atoms with Crippen molar-refractivity contribution in [3.05, 3.63) is 64.2 Å². The van der Waals surface area contributed by atoms with E-state index in [-0.39, 0.29) is 71.7 Å². The molecule has 5 N–H and O–H groups in total. The summed E-state index contributed by atoms with van der Waals surface area (Å²) in [5.41, 5.74) is 7.49. The van der Waals surface area contributed by atoms with Gasteiger partial charge in [-0.3, -0.25) is 9.59 Å². The Kier molecular flexibility index (Phi) is 14.0. The van der Waals surface area contributed by atoms with Gasteiger partial charge in [0.25, 0.3) is 5.91 Å². The molecule has 46 heavy (non-hydrogen) atoms. The van der Waals surface area contributed by atoms with Gasteiger partial charge >= 0.3 is 5.97 Å². The molecule has 1 aliphatic carbocycles. The maximum Gasteiger partial charge on any atom is 0.335 e. The number of ether oxygens (including phenoxy) is 2. The Morgan fingerprint density at radius 2 is 1.89 bits per heavy atom. The monoisotopic (exact) mass is 787 g/mol. The summed E-state index contributed by atoms with van der Waals surface area (Å²) < 4.78 is 11.3. The number of allylic oxidation sites excluding steroid dienone is 1. The fraction of sp³-hybridized carbons (Fsp3) is 0.433. The molecule has 1 unspecified atom stereocenters. The molecule has 1 fully saturated rings. The minimum atomic E-state index is -0.866. The minimum absolute atomic E-state index is 0. The third kappa shape index (κ3) is 8.86. The van der Waals surface area contributed by atoms with Crippen LogP contribution in [0.2, 0.25) is 0 Å². The summed E-state index contributed by atoms with van der Waals surface area (Å²) in [4.78, 5) is 49.3. The van der Waals surface area contributed by atoms with Crippen molar-refractivity contribution in [2.24, 2.45) is 11.1 Å². The number of rotatable bonds is 15. The zero-order valence-corrected chi connectivity index (χ0v) is 29.5. The van der Waals surface area contributed by atoms with E-state index in [0.29, 0.717) is 41.2 Å². The third-order valence-corrected chi connectivity index (χ3v) is 9.78. The lowest BCUT2D eigenvalue weighted by Crippen LogP contribution is -3.00. The first-order chi connectivity index (χ1) is 21.6. The van der Waals surface area contributed by atoms with Crippen molar-refractivity contribution >= 4 is 51.6 Å². The van der Waals surface area contributed by atoms with Crippen LogP contribution < -0.4 is 39.8 Å². The van der Waals surface area contributed by atoms with Crippen molar-refractivity contribution in [1.29, 1.82) is 0 Å². The number of nitrogens with one attached hydrogen (secondary N) is 1. The van der Waals surface area contributed by atoms with E-state index in [1.54, 1.807) is 36.8 Å². The molecule has 1 aromatic carbocycles. The molecule has 0 saturated heterocycles. The largest absolute Gasteiger partial charge is 1.00 e. The van der Waals surface area contributed by atoms with Crippen molar-refractivity contribution in [3.8, 4) is 5.75 Å². The lowest BCUT2D eigenvalue weighted by atomic mass is 9.71. The van der Waals surface area contributed by atoms with Crippen LogP contribution in [0.15, 0.2) is 58.1 Å². The van der Waals surface area contributed by atoms with E-state index in [0.717, 1.165) is 16.9 Å². The number of thiazole rings is 1. The average molecular weight is 788 g/mol. The highest BCUT2D eigenvalue weighted by Crippen LogP contribution is 2.46. The molecule has 1 aromatic heterocycles. The second kappa shape index (κ2) is 17.2. The van der Waals surface area contributed by atoms with Crippen LogP contribution in [0.5, 0.6) is 5.75 Å². The predicted molar refractivity (Wildman–Crippen MR) is 171 cm³/mol. The minimum Gasteiger partial charge on any atom is -1.00 e. The van der Waals surface area contributed by atoms with Crippen molar-refractivity contribution < 1.29 is 67.4 Å². The van der Waals surface area contributed by atoms with Crippen molar-refractivity contribution in [2.45, 2.75) is 17.9 Å². The zero-order chi connectivity index (χ0) is 32.6. The lowest BCUT2D eigenvalue weighted by molar-refractivity contribution is -0.904. The van der Waals surface area contributed by atoms with Gasteiger partial charge in [-0.1, -0.05) is 23.4 Å². The van der Waals surface area contributed by atoms with E-state index >= 15 is 0 Å². The van der Waals surface area contributed by atoms with E-state index in [1.807, 2.05) is 19.2 Å². The Morgan fingerprint density at radius 1 is 1.20 bits per heavy atom. The summed E-state index contributed by atoms with van der Waals surface area (Å²) in [5.74, 6) is -1.30. The number of nitrogens with two attached hydrogens (primary N) is 1. The fourth-order valence-electron chi connectivity index (χ4n) is 5.18. The van der Waals surface area contributed by atoms with Gasteiger partial charge in [-0.2, -0.15) is 11.8 Å². The Bertz CT molecular complexity index is 1470. The number of methoxy groups -OCH3 is 1. The standard InChI is InChI=1S/C30H37N5O8S2.HI/c1-35(11-13-36,12-14-37)10-4-5-19-16-44-27-23(22(19)29(40)43-15-18-6-8-20(41-2)9-7-18)26(38)25(27)33-28(39)24(34-42-3)21-17-45-30(31)32-21;/h4-9,17,23,25,27,36-37H,10-16H2,1-3H3,(H2-,31,32,33,39);1H/b5-4+,34-24-;/t23?,25-,27+;/m1./s1. The van der Waals surface area contributed by atoms with Gasteiger partial charge < -0.3 is 64.0 Å². The number of benzene rings is 1. The highest BCUT2D eigenvalue weighted by atomic mass is 127. The van der Waals surface area contributed by atoms with Gasteiger partial charge in [-0.15, -0.1) is 11.3 Å². The number of ketones is 1. The quantitative estimate of drug-likeness (QED) is 0.0511. The summed E-state index contributed by atoms with van der Waals surface area (Å²) in [6, 6.07) is 6.24. The summed E-state index contributed by atoms with van der Waals surface area (Å²) in [7, 11) is 4.78. The van der Waals surface area contributed by atoms with Gasteiger partial charge in [0.1, 0.15) is 44.3 Å². The molecule has 250 valence electrons. The smallest absolute Gasteiger partial charge is 0.335 e. The van der Waals surface area contributed by atoms with Crippen LogP contribution in [0.25, 0.3) is 0 Å². The number of quaternary nitrogens is 1. The van der Waals surface area contributed by atoms with Gasteiger partial charge in [-0.25, -0.2) is 9.78 Å². The maximum absolute atomic E-state index is 13.6. The van der Waals surface area contributed by atoms with Gasteiger partial charge in [0.05, 0.1) is 45.4 Å². The zero-order valence-electron chi connectivity index (χ0n) is 25.7. The normalized spacial score (nSPS) is 19.6. The van der Waals surface area contributed by atoms with E-state index < -0.39 is 29.1 Å². The Labute approximate surface area is 292 Å². The number of carbonyl (C=O) groups is 3. The van der Waals surface area contributed by atoms with Crippen molar-refractivity contribution in [3.63, 3.8) is 0 Å². The van der Waals surface area contributed by atoms with Crippen LogP contribution in [0.4, 0.5) is 5.13 Å². The molecular weight excluding hydrogens is 749 g/mol. The molecule has 0 spiro atoms. The molecule has 1 aliphatic heterocycles. The number of thioether (sulfide) groups is 1. The number of halogens is 1. The maximum atomic E-state index is 13.6. The molecule has 0 bridgehead atoms. The number of Topliss-reactive ketones (excluding diaryl/α,β-unsaturated/α-hetero) is 1. The number of aliphatic hydroxyl groups excluding tert-OH is 2. The highest BCUT2D eigenvalue weighted by Gasteiger charge is 2.56. The molecule has 2 aromatic rings. The first-order valence-electron chi connectivity index (χ1n) is 14.2. The lowest BCUT2D eigenvalue weighted by Gasteiger charge is -2.46. The van der Waals surface area contributed by atoms with Crippen LogP contribution >= 0.6 is 23.1 Å². The topological polar surface area (TPSA) is 183 Å². The Morgan fingerprint density at radius 3 is 2.48 bits per heavy atom. The number of nitrogen functional groups attached to an aromatic ring is 1. The number of aliphatic hydroxyl groups is 2. The fourth-order valence-corrected chi connectivity index (χ4v) is 7.21. The Hall–Kier alpha value is -3.03. The van der Waals surface area contributed by atoms with Gasteiger partial charge in [0, 0.05) is 16.4 Å². The second-order valence-corrected chi connectivity index (χ2v) is 12.8. The predicted octanol–water partition coefficient (Wildman–Crippen LogP) is -2.09. The molecule has 4 rings (SSSR count). The Balaban J connectivity index is 0.00000576. The number of hydrogen-bond donors (Lipinski definition) is 4. The van der Waals surface area contributed by atoms with E-state index in [1.165, 1.54) is 18.9 Å². The van der Waals surface area contributed by atoms with Gasteiger partial charge in [-0.05, 0) is 29.3 Å². The molecule has 16 heteroatoms. The number of esters is 1. The number of likely N-dealkylation sites (N-methyl/N-ethyl adjacent to an activating group) is 1. The van der Waals surface area contributed by atoms with Crippen molar-refractivity contribution in [2.75, 3.05) is 65.6 Å². The molecule has 1 saturated carbocycles.